The smallest absolute Gasteiger partial charge is 0.226 e. The fourth-order valence-corrected chi connectivity index (χ4v) is 3.74. The molecule has 0 unspecified atom stereocenters. The summed E-state index contributed by atoms with van der Waals surface area (Å²) in [4.78, 5) is 11.8. The maximum Gasteiger partial charge on any atom is 0.226 e. The molecule has 0 fully saturated rings. The molecule has 112 valence electrons. The number of hydrogen-bond acceptors (Lipinski definition) is 5. The van der Waals surface area contributed by atoms with E-state index in [0.717, 1.165) is 18.7 Å². The van der Waals surface area contributed by atoms with Crippen molar-refractivity contribution in [3.05, 3.63) is 33.1 Å². The number of aromatic nitrogens is 2. The Kier molecular flexibility index (Phi) is 4.39. The van der Waals surface area contributed by atoms with Crippen LogP contribution in [0.3, 0.4) is 0 Å². The molecule has 21 heavy (non-hydrogen) atoms. The molecule has 0 radical (unpaired) electrons. The molecular formula is C16H21N3OS. The van der Waals surface area contributed by atoms with Crippen LogP contribution in [0.15, 0.2) is 12.1 Å². The lowest BCUT2D eigenvalue weighted by molar-refractivity contribution is 0.305. The minimum absolute atomic E-state index is 0.648. The molecule has 2 aromatic rings. The molecule has 0 atom stereocenters. The van der Waals surface area contributed by atoms with Crippen LogP contribution in [0.2, 0.25) is 0 Å². The first-order valence-corrected chi connectivity index (χ1v) is 8.39. The molecule has 2 aromatic heterocycles. The van der Waals surface area contributed by atoms with Crippen LogP contribution in [-0.4, -0.2) is 16.6 Å². The third-order valence-electron chi connectivity index (χ3n) is 3.50. The fourth-order valence-electron chi connectivity index (χ4n) is 2.54. The summed E-state index contributed by atoms with van der Waals surface area (Å²) in [5, 5.41) is 3.32. The molecule has 0 saturated carbocycles. The minimum atomic E-state index is 0.648. The zero-order valence-corrected chi connectivity index (χ0v) is 13.4. The number of rotatable bonds is 6. The largest absolute Gasteiger partial charge is 0.478 e. The van der Waals surface area contributed by atoms with E-state index in [1.165, 1.54) is 29.7 Å². The Morgan fingerprint density at radius 1 is 1.29 bits per heavy atom. The zero-order valence-electron chi connectivity index (χ0n) is 12.6. The minimum Gasteiger partial charge on any atom is -0.478 e. The number of anilines is 1. The van der Waals surface area contributed by atoms with Gasteiger partial charge in [0.15, 0.2) is 0 Å². The molecule has 0 spiro atoms. The van der Waals surface area contributed by atoms with Gasteiger partial charge in [-0.1, -0.05) is 6.92 Å². The van der Waals surface area contributed by atoms with Gasteiger partial charge in [0.2, 0.25) is 11.8 Å². The number of ether oxygens (including phenoxy) is 1. The van der Waals surface area contributed by atoms with Crippen molar-refractivity contribution in [1.29, 1.82) is 0 Å². The van der Waals surface area contributed by atoms with E-state index in [0.29, 0.717) is 18.4 Å². The van der Waals surface area contributed by atoms with Gasteiger partial charge in [-0.3, -0.25) is 0 Å². The highest BCUT2D eigenvalue weighted by atomic mass is 32.1. The van der Waals surface area contributed by atoms with E-state index >= 15 is 0 Å². The average Bonchev–Trinajstić information content (AvgIpc) is 3.03. The molecule has 5 heteroatoms. The third kappa shape index (κ3) is 3.53. The number of fused-ring (bicyclic) bond motifs is 1. The predicted molar refractivity (Wildman–Crippen MR) is 86.2 cm³/mol. The first-order valence-electron chi connectivity index (χ1n) is 7.57. The van der Waals surface area contributed by atoms with Gasteiger partial charge in [0, 0.05) is 21.5 Å². The number of hydrogen-bond donors (Lipinski definition) is 1. The first kappa shape index (κ1) is 14.3. The summed E-state index contributed by atoms with van der Waals surface area (Å²) in [6, 6.07) is 4.20. The molecule has 0 aliphatic heterocycles. The van der Waals surface area contributed by atoms with Crippen LogP contribution < -0.4 is 10.1 Å². The van der Waals surface area contributed by atoms with Gasteiger partial charge >= 0.3 is 0 Å². The SMILES string of the molecule is CCCOc1cc(C)nc(NCc2cc3c(s2)CCC3)n1. The second-order valence-electron chi connectivity index (χ2n) is 5.39. The van der Waals surface area contributed by atoms with Crippen LogP contribution in [0.4, 0.5) is 5.95 Å². The van der Waals surface area contributed by atoms with Crippen LogP contribution in [0, 0.1) is 6.92 Å². The maximum atomic E-state index is 5.59. The monoisotopic (exact) mass is 303 g/mol. The number of aryl methyl sites for hydroxylation is 3. The van der Waals surface area contributed by atoms with Crippen LogP contribution in [0.25, 0.3) is 0 Å². The van der Waals surface area contributed by atoms with Gasteiger partial charge in [-0.15, -0.1) is 11.3 Å². The van der Waals surface area contributed by atoms with Crippen molar-refractivity contribution in [3.8, 4) is 5.88 Å². The molecule has 1 aliphatic carbocycles. The molecule has 1 aliphatic rings. The summed E-state index contributed by atoms with van der Waals surface area (Å²) in [5.74, 6) is 1.30. The van der Waals surface area contributed by atoms with Gasteiger partial charge in [-0.2, -0.15) is 4.98 Å². The van der Waals surface area contributed by atoms with Gasteiger partial charge in [-0.05, 0) is 44.2 Å². The Morgan fingerprint density at radius 3 is 3.00 bits per heavy atom. The predicted octanol–water partition coefficient (Wildman–Crippen LogP) is 3.74. The molecule has 0 saturated heterocycles. The number of nitrogens with zero attached hydrogens (tertiary/aromatic N) is 2. The second kappa shape index (κ2) is 6.43. The summed E-state index contributed by atoms with van der Waals surface area (Å²) in [6.07, 6.45) is 4.78. The summed E-state index contributed by atoms with van der Waals surface area (Å²) < 4.78 is 5.59. The normalized spacial score (nSPS) is 13.2. The van der Waals surface area contributed by atoms with E-state index in [4.69, 9.17) is 4.74 Å². The third-order valence-corrected chi connectivity index (χ3v) is 4.74. The maximum absolute atomic E-state index is 5.59. The van der Waals surface area contributed by atoms with Gasteiger partial charge < -0.3 is 10.1 Å². The van der Waals surface area contributed by atoms with E-state index in [9.17, 15) is 0 Å². The van der Waals surface area contributed by atoms with Crippen LogP contribution in [0.5, 0.6) is 5.88 Å². The fraction of sp³-hybridized carbons (Fsp3) is 0.500. The number of nitrogens with one attached hydrogen (secondary N) is 1. The lowest BCUT2D eigenvalue weighted by Gasteiger charge is -2.08. The summed E-state index contributed by atoms with van der Waals surface area (Å²) >= 11 is 1.91. The van der Waals surface area contributed by atoms with Crippen LogP contribution in [-0.2, 0) is 19.4 Å². The number of thiophene rings is 1. The van der Waals surface area contributed by atoms with Gasteiger partial charge in [0.25, 0.3) is 0 Å². The van der Waals surface area contributed by atoms with Crippen LogP contribution >= 0.6 is 11.3 Å². The standard InChI is InChI=1S/C16H21N3OS/c1-3-7-20-15-8-11(2)18-16(19-15)17-10-13-9-12-5-4-6-14(12)21-13/h8-9H,3-7,10H2,1-2H3,(H,17,18,19). The molecule has 0 aromatic carbocycles. The second-order valence-corrected chi connectivity index (χ2v) is 6.61. The molecule has 1 N–H and O–H groups in total. The average molecular weight is 303 g/mol. The Morgan fingerprint density at radius 2 is 2.19 bits per heavy atom. The molecule has 0 amide bonds. The first-order chi connectivity index (χ1) is 10.2. The molecule has 2 heterocycles. The van der Waals surface area contributed by atoms with Gasteiger partial charge in [0.05, 0.1) is 13.2 Å². The van der Waals surface area contributed by atoms with Crippen molar-refractivity contribution in [2.24, 2.45) is 0 Å². The topological polar surface area (TPSA) is 47.0 Å². The van der Waals surface area contributed by atoms with Crippen molar-refractivity contribution < 1.29 is 4.74 Å². The van der Waals surface area contributed by atoms with E-state index in [-0.39, 0.29) is 0 Å². The Hall–Kier alpha value is -1.62. The van der Waals surface area contributed by atoms with E-state index in [2.05, 4.69) is 28.3 Å². The van der Waals surface area contributed by atoms with E-state index in [1.54, 1.807) is 4.88 Å². The Labute approximate surface area is 129 Å². The van der Waals surface area contributed by atoms with E-state index in [1.807, 2.05) is 24.3 Å². The van der Waals surface area contributed by atoms with Crippen molar-refractivity contribution in [2.75, 3.05) is 11.9 Å². The lowest BCUT2D eigenvalue weighted by atomic mass is 10.2. The van der Waals surface area contributed by atoms with Crippen molar-refractivity contribution in [3.63, 3.8) is 0 Å². The highest BCUT2D eigenvalue weighted by Gasteiger charge is 2.14. The van der Waals surface area contributed by atoms with E-state index < -0.39 is 0 Å². The summed E-state index contributed by atoms with van der Waals surface area (Å²) in [6.45, 7) is 5.52. The molecule has 4 nitrogen and oxygen atoms in total. The molecule has 0 bridgehead atoms. The van der Waals surface area contributed by atoms with Gasteiger partial charge in [-0.25, -0.2) is 4.98 Å². The highest BCUT2D eigenvalue weighted by molar-refractivity contribution is 7.12. The summed E-state index contributed by atoms with van der Waals surface area (Å²) in [5.41, 5.74) is 2.46. The zero-order chi connectivity index (χ0) is 14.7. The highest BCUT2D eigenvalue weighted by Crippen LogP contribution is 2.30. The quantitative estimate of drug-likeness (QED) is 0.883. The van der Waals surface area contributed by atoms with Gasteiger partial charge in [0.1, 0.15) is 0 Å². The molecule has 3 rings (SSSR count). The van der Waals surface area contributed by atoms with Crippen molar-refractivity contribution in [1.82, 2.24) is 9.97 Å². The van der Waals surface area contributed by atoms with Crippen molar-refractivity contribution in [2.45, 2.75) is 46.1 Å². The lowest BCUT2D eigenvalue weighted by Crippen LogP contribution is -2.06. The van der Waals surface area contributed by atoms with Crippen molar-refractivity contribution >= 4 is 17.3 Å². The molecular weight excluding hydrogens is 282 g/mol. The Bertz CT molecular complexity index is 602. The van der Waals surface area contributed by atoms with Crippen LogP contribution in [0.1, 0.15) is 40.8 Å². The Balaban J connectivity index is 1.65. The summed E-state index contributed by atoms with van der Waals surface area (Å²) in [7, 11) is 0.